The molecule has 4 nitrogen and oxygen atoms in total. The van der Waals surface area contributed by atoms with Gasteiger partial charge < -0.3 is 15.4 Å². The molecule has 0 unspecified atom stereocenters. The van der Waals surface area contributed by atoms with Crippen molar-refractivity contribution in [1.29, 1.82) is 0 Å². The van der Waals surface area contributed by atoms with Crippen molar-refractivity contribution in [2.45, 2.75) is 12.7 Å². The molecule has 0 aromatic rings. The Morgan fingerprint density at radius 3 is 2.73 bits per heavy atom. The van der Waals surface area contributed by atoms with E-state index in [0.29, 0.717) is 13.0 Å². The molecule has 0 saturated carbocycles. The summed E-state index contributed by atoms with van der Waals surface area (Å²) < 4.78 is 0. The summed E-state index contributed by atoms with van der Waals surface area (Å²) >= 11 is 0. The van der Waals surface area contributed by atoms with Crippen LogP contribution in [0.2, 0.25) is 6.32 Å². The standard InChI is InChI=1S/C6H12BNO3/c1-2-6(9)8-5-3-4-7(10)11/h2,10-11H,1,3-5H2,(H,8,9). The lowest BCUT2D eigenvalue weighted by Gasteiger charge is -2.00. The van der Waals surface area contributed by atoms with Crippen LogP contribution in [-0.2, 0) is 4.79 Å². The molecule has 0 aromatic carbocycles. The van der Waals surface area contributed by atoms with Gasteiger partial charge in [-0.05, 0) is 18.8 Å². The lowest BCUT2D eigenvalue weighted by molar-refractivity contribution is -0.116. The van der Waals surface area contributed by atoms with Crippen LogP contribution in [0.5, 0.6) is 0 Å². The summed E-state index contributed by atoms with van der Waals surface area (Å²) in [6, 6.07) is 0. The van der Waals surface area contributed by atoms with Crippen molar-refractivity contribution in [2.75, 3.05) is 6.54 Å². The molecule has 0 aromatic heterocycles. The number of nitrogens with one attached hydrogen (secondary N) is 1. The van der Waals surface area contributed by atoms with Gasteiger partial charge in [0.1, 0.15) is 0 Å². The zero-order chi connectivity index (χ0) is 8.69. The summed E-state index contributed by atoms with van der Waals surface area (Å²) in [7, 11) is -1.28. The predicted octanol–water partition coefficient (Wildman–Crippen LogP) is -0.849. The second-order valence-electron chi connectivity index (χ2n) is 2.12. The summed E-state index contributed by atoms with van der Waals surface area (Å²) in [6.07, 6.45) is 2.00. The maximum atomic E-state index is 10.5. The van der Waals surface area contributed by atoms with E-state index in [1.54, 1.807) is 0 Å². The van der Waals surface area contributed by atoms with Crippen LogP contribution in [0.25, 0.3) is 0 Å². The van der Waals surface area contributed by atoms with E-state index >= 15 is 0 Å². The Morgan fingerprint density at radius 1 is 1.64 bits per heavy atom. The van der Waals surface area contributed by atoms with E-state index in [0.717, 1.165) is 0 Å². The molecule has 0 aliphatic carbocycles. The maximum Gasteiger partial charge on any atom is 0.451 e. The van der Waals surface area contributed by atoms with Crippen LogP contribution in [-0.4, -0.2) is 29.6 Å². The number of carbonyl (C=O) groups excluding carboxylic acids is 1. The fraction of sp³-hybridized carbons (Fsp3) is 0.500. The first kappa shape index (κ1) is 10.2. The van der Waals surface area contributed by atoms with Crippen molar-refractivity contribution in [1.82, 2.24) is 5.32 Å². The maximum absolute atomic E-state index is 10.5. The van der Waals surface area contributed by atoms with Crippen LogP contribution in [0.15, 0.2) is 12.7 Å². The predicted molar refractivity (Wildman–Crippen MR) is 42.8 cm³/mol. The molecule has 0 saturated heterocycles. The summed E-state index contributed by atoms with van der Waals surface area (Å²) in [5, 5.41) is 19.3. The number of hydrogen-bond donors (Lipinski definition) is 3. The molecule has 3 N–H and O–H groups in total. The first-order valence-electron chi connectivity index (χ1n) is 3.43. The van der Waals surface area contributed by atoms with Crippen molar-refractivity contribution < 1.29 is 14.8 Å². The minimum Gasteiger partial charge on any atom is -0.427 e. The Bertz CT molecular complexity index is 138. The molecule has 1 amide bonds. The van der Waals surface area contributed by atoms with Gasteiger partial charge in [0.15, 0.2) is 0 Å². The molecular weight excluding hydrogens is 145 g/mol. The molecule has 62 valence electrons. The molecule has 0 fully saturated rings. The fourth-order valence-electron chi connectivity index (χ4n) is 0.568. The van der Waals surface area contributed by atoms with Crippen LogP contribution in [0, 0.1) is 0 Å². The van der Waals surface area contributed by atoms with Crippen molar-refractivity contribution in [3.05, 3.63) is 12.7 Å². The molecule has 0 rings (SSSR count). The summed E-state index contributed by atoms with van der Waals surface area (Å²) in [6.45, 7) is 3.71. The van der Waals surface area contributed by atoms with Gasteiger partial charge in [-0.3, -0.25) is 4.79 Å². The quantitative estimate of drug-likeness (QED) is 0.276. The zero-order valence-corrected chi connectivity index (χ0v) is 6.29. The van der Waals surface area contributed by atoms with Gasteiger partial charge in [0.05, 0.1) is 0 Å². The van der Waals surface area contributed by atoms with Gasteiger partial charge in [-0.2, -0.15) is 0 Å². The van der Waals surface area contributed by atoms with Crippen molar-refractivity contribution in [3.8, 4) is 0 Å². The molecule has 0 aliphatic heterocycles. The smallest absolute Gasteiger partial charge is 0.427 e. The van der Waals surface area contributed by atoms with Crippen LogP contribution in [0.1, 0.15) is 6.42 Å². The fourth-order valence-corrected chi connectivity index (χ4v) is 0.568. The molecule has 0 radical (unpaired) electrons. The first-order valence-corrected chi connectivity index (χ1v) is 3.43. The molecule has 0 heterocycles. The SMILES string of the molecule is C=CC(=O)NCCCB(O)O. The van der Waals surface area contributed by atoms with E-state index < -0.39 is 7.12 Å². The second kappa shape index (κ2) is 5.94. The molecule has 5 heteroatoms. The van der Waals surface area contributed by atoms with E-state index in [1.165, 1.54) is 6.08 Å². The van der Waals surface area contributed by atoms with E-state index in [1.807, 2.05) is 0 Å². The van der Waals surface area contributed by atoms with E-state index in [9.17, 15) is 4.79 Å². The van der Waals surface area contributed by atoms with Crippen LogP contribution >= 0.6 is 0 Å². The summed E-state index contributed by atoms with van der Waals surface area (Å²) in [5.41, 5.74) is 0. The minimum atomic E-state index is -1.28. The molecule has 0 spiro atoms. The van der Waals surface area contributed by atoms with Gasteiger partial charge in [0, 0.05) is 6.54 Å². The lowest BCUT2D eigenvalue weighted by atomic mass is 9.84. The minimum absolute atomic E-state index is 0.238. The Hall–Kier alpha value is -0.805. The van der Waals surface area contributed by atoms with Crippen molar-refractivity contribution in [2.24, 2.45) is 0 Å². The third kappa shape index (κ3) is 7.09. The Labute approximate surface area is 66.1 Å². The molecular formula is C6H12BNO3. The highest BCUT2D eigenvalue weighted by Crippen LogP contribution is 1.89. The second-order valence-corrected chi connectivity index (χ2v) is 2.12. The van der Waals surface area contributed by atoms with Crippen LogP contribution < -0.4 is 5.32 Å². The highest BCUT2D eigenvalue weighted by molar-refractivity contribution is 6.40. The Balaban J connectivity index is 3.14. The molecule has 0 aliphatic rings. The largest absolute Gasteiger partial charge is 0.451 e. The first-order chi connectivity index (χ1) is 5.16. The third-order valence-corrected chi connectivity index (χ3v) is 1.12. The zero-order valence-electron chi connectivity index (χ0n) is 6.29. The van der Waals surface area contributed by atoms with Gasteiger partial charge in [0.2, 0.25) is 5.91 Å². The van der Waals surface area contributed by atoms with Gasteiger partial charge >= 0.3 is 7.12 Å². The number of carbonyl (C=O) groups is 1. The average molecular weight is 157 g/mol. The van der Waals surface area contributed by atoms with Crippen LogP contribution in [0.4, 0.5) is 0 Å². The highest BCUT2D eigenvalue weighted by Gasteiger charge is 2.04. The molecule has 0 atom stereocenters. The summed E-state index contributed by atoms with van der Waals surface area (Å²) in [4.78, 5) is 10.5. The van der Waals surface area contributed by atoms with E-state index in [-0.39, 0.29) is 12.2 Å². The average Bonchev–Trinajstić information content (AvgIpc) is 1.97. The van der Waals surface area contributed by atoms with Gasteiger partial charge in [-0.1, -0.05) is 6.58 Å². The number of rotatable bonds is 5. The number of amides is 1. The van der Waals surface area contributed by atoms with Gasteiger partial charge in [-0.25, -0.2) is 0 Å². The molecule has 11 heavy (non-hydrogen) atoms. The number of hydrogen-bond acceptors (Lipinski definition) is 3. The van der Waals surface area contributed by atoms with E-state index in [4.69, 9.17) is 10.0 Å². The van der Waals surface area contributed by atoms with Crippen LogP contribution in [0.3, 0.4) is 0 Å². The lowest BCUT2D eigenvalue weighted by Crippen LogP contribution is -2.23. The topological polar surface area (TPSA) is 69.6 Å². The van der Waals surface area contributed by atoms with Gasteiger partial charge in [0.25, 0.3) is 0 Å². The normalized spacial score (nSPS) is 8.91. The third-order valence-electron chi connectivity index (χ3n) is 1.12. The summed E-state index contributed by atoms with van der Waals surface area (Å²) in [5.74, 6) is -0.238. The van der Waals surface area contributed by atoms with E-state index in [2.05, 4.69) is 11.9 Å². The highest BCUT2D eigenvalue weighted by atomic mass is 16.4. The molecule has 0 bridgehead atoms. The van der Waals surface area contributed by atoms with Crippen molar-refractivity contribution >= 4 is 13.0 Å². The Morgan fingerprint density at radius 2 is 2.27 bits per heavy atom. The van der Waals surface area contributed by atoms with Gasteiger partial charge in [-0.15, -0.1) is 0 Å². The Kier molecular flexibility index (Phi) is 5.51. The van der Waals surface area contributed by atoms with Crippen molar-refractivity contribution in [3.63, 3.8) is 0 Å². The monoisotopic (exact) mass is 157 g/mol.